The Kier molecular flexibility index (Phi) is 3.09. The molecular formula is C9H14O4S. The van der Waals surface area contributed by atoms with E-state index in [0.29, 0.717) is 12.8 Å². The summed E-state index contributed by atoms with van der Waals surface area (Å²) in [5, 5.41) is 17.4. The fourth-order valence-electron chi connectivity index (χ4n) is 2.02. The summed E-state index contributed by atoms with van der Waals surface area (Å²) in [5.74, 6) is -2.37. The molecule has 0 radical (unpaired) electrons. The van der Waals surface area contributed by atoms with Gasteiger partial charge >= 0.3 is 11.9 Å². The minimum Gasteiger partial charge on any atom is -0.481 e. The highest BCUT2D eigenvalue weighted by molar-refractivity contribution is 7.81. The van der Waals surface area contributed by atoms with Crippen molar-refractivity contribution < 1.29 is 19.8 Å². The second-order valence-electron chi connectivity index (χ2n) is 3.82. The van der Waals surface area contributed by atoms with Gasteiger partial charge in [-0.3, -0.25) is 9.59 Å². The van der Waals surface area contributed by atoms with E-state index >= 15 is 0 Å². The van der Waals surface area contributed by atoms with Crippen LogP contribution in [-0.4, -0.2) is 27.4 Å². The van der Waals surface area contributed by atoms with Crippen LogP contribution >= 0.6 is 12.6 Å². The molecule has 2 N–H and O–H groups in total. The summed E-state index contributed by atoms with van der Waals surface area (Å²) >= 11 is 4.27. The van der Waals surface area contributed by atoms with Gasteiger partial charge in [0.1, 0.15) is 0 Å². The Bertz CT molecular complexity index is 266. The van der Waals surface area contributed by atoms with Crippen molar-refractivity contribution in [2.24, 2.45) is 11.3 Å². The average Bonchev–Trinajstić information content (AvgIpc) is 2.78. The molecule has 1 aliphatic carbocycles. The standard InChI is InChI=1S/C9H14O4S/c1-2-6(14)9(4-7(10)11)3-5(9)8(12)13/h5-6,14H,2-4H2,1H3,(H,10,11)(H,12,13). The van der Waals surface area contributed by atoms with Gasteiger partial charge in [0, 0.05) is 10.7 Å². The maximum Gasteiger partial charge on any atom is 0.307 e. The number of hydrogen-bond acceptors (Lipinski definition) is 3. The molecule has 0 aliphatic heterocycles. The SMILES string of the molecule is CCC(S)C1(CC(=O)O)CC1C(=O)O. The van der Waals surface area contributed by atoms with Crippen molar-refractivity contribution >= 4 is 24.6 Å². The molecule has 1 rings (SSSR count). The summed E-state index contributed by atoms with van der Waals surface area (Å²) in [6.07, 6.45) is 1.04. The summed E-state index contributed by atoms with van der Waals surface area (Å²) in [6, 6.07) is 0. The van der Waals surface area contributed by atoms with Crippen molar-refractivity contribution in [1.29, 1.82) is 0 Å². The molecule has 5 heteroatoms. The first-order valence-electron chi connectivity index (χ1n) is 4.56. The Morgan fingerprint density at radius 3 is 2.43 bits per heavy atom. The second kappa shape index (κ2) is 3.81. The topological polar surface area (TPSA) is 74.6 Å². The number of carboxylic acids is 2. The minimum atomic E-state index is -0.943. The van der Waals surface area contributed by atoms with Crippen molar-refractivity contribution in [3.63, 3.8) is 0 Å². The van der Waals surface area contributed by atoms with Crippen LogP contribution < -0.4 is 0 Å². The third-order valence-electron chi connectivity index (χ3n) is 2.95. The van der Waals surface area contributed by atoms with E-state index in [2.05, 4.69) is 12.6 Å². The monoisotopic (exact) mass is 218 g/mol. The van der Waals surface area contributed by atoms with Crippen LogP contribution in [0.1, 0.15) is 26.2 Å². The molecular weight excluding hydrogens is 204 g/mol. The van der Waals surface area contributed by atoms with Crippen LogP contribution in [0.25, 0.3) is 0 Å². The number of rotatable bonds is 5. The highest BCUT2D eigenvalue weighted by Gasteiger charge is 2.62. The first kappa shape index (κ1) is 11.4. The molecule has 0 amide bonds. The summed E-state index contributed by atoms with van der Waals surface area (Å²) in [7, 11) is 0. The quantitative estimate of drug-likeness (QED) is 0.607. The molecule has 3 unspecified atom stereocenters. The van der Waals surface area contributed by atoms with Crippen molar-refractivity contribution in [3.8, 4) is 0 Å². The lowest BCUT2D eigenvalue weighted by Gasteiger charge is -2.20. The summed E-state index contributed by atoms with van der Waals surface area (Å²) in [4.78, 5) is 21.4. The lowest BCUT2D eigenvalue weighted by Crippen LogP contribution is -2.24. The average molecular weight is 218 g/mol. The zero-order valence-corrected chi connectivity index (χ0v) is 8.83. The van der Waals surface area contributed by atoms with Gasteiger partial charge in [0.25, 0.3) is 0 Å². The molecule has 0 aromatic heterocycles. The smallest absolute Gasteiger partial charge is 0.307 e. The summed E-state index contributed by atoms with van der Waals surface area (Å²) in [5.41, 5.74) is -0.616. The maximum atomic E-state index is 10.8. The van der Waals surface area contributed by atoms with Crippen LogP contribution in [0.3, 0.4) is 0 Å². The molecule has 4 nitrogen and oxygen atoms in total. The number of hydrogen-bond donors (Lipinski definition) is 3. The van der Waals surface area contributed by atoms with Crippen molar-refractivity contribution in [2.45, 2.75) is 31.4 Å². The third-order valence-corrected chi connectivity index (χ3v) is 3.83. The van der Waals surface area contributed by atoms with Crippen LogP contribution in [0.4, 0.5) is 0 Å². The molecule has 0 spiro atoms. The van der Waals surface area contributed by atoms with E-state index in [1.807, 2.05) is 6.92 Å². The van der Waals surface area contributed by atoms with E-state index in [-0.39, 0.29) is 11.7 Å². The van der Waals surface area contributed by atoms with Gasteiger partial charge in [0.05, 0.1) is 12.3 Å². The van der Waals surface area contributed by atoms with Crippen LogP contribution in [0.2, 0.25) is 0 Å². The first-order chi connectivity index (χ1) is 6.44. The molecule has 80 valence electrons. The van der Waals surface area contributed by atoms with Gasteiger partial charge in [-0.05, 0) is 12.8 Å². The Labute approximate surface area is 87.7 Å². The van der Waals surface area contributed by atoms with Crippen LogP contribution in [0.5, 0.6) is 0 Å². The van der Waals surface area contributed by atoms with Crippen molar-refractivity contribution in [2.75, 3.05) is 0 Å². The lowest BCUT2D eigenvalue weighted by molar-refractivity contribution is -0.141. The molecule has 0 aromatic rings. The van der Waals surface area contributed by atoms with Crippen LogP contribution in [0, 0.1) is 11.3 Å². The van der Waals surface area contributed by atoms with Gasteiger partial charge in [-0.25, -0.2) is 0 Å². The van der Waals surface area contributed by atoms with E-state index in [0.717, 1.165) is 0 Å². The van der Waals surface area contributed by atoms with E-state index < -0.39 is 23.3 Å². The minimum absolute atomic E-state index is 0.0913. The Hall–Kier alpha value is -0.710. The molecule has 14 heavy (non-hydrogen) atoms. The maximum absolute atomic E-state index is 10.8. The molecule has 1 fully saturated rings. The van der Waals surface area contributed by atoms with Crippen LogP contribution in [0.15, 0.2) is 0 Å². The normalized spacial score (nSPS) is 32.3. The number of aliphatic carboxylic acids is 2. The van der Waals surface area contributed by atoms with Crippen LogP contribution in [-0.2, 0) is 9.59 Å². The second-order valence-corrected chi connectivity index (χ2v) is 4.45. The number of carboxylic acid groups (broad SMARTS) is 2. The predicted octanol–water partition coefficient (Wildman–Crippen LogP) is 1.26. The largest absolute Gasteiger partial charge is 0.481 e. The van der Waals surface area contributed by atoms with E-state index in [4.69, 9.17) is 10.2 Å². The Morgan fingerprint density at radius 2 is 2.14 bits per heavy atom. The molecule has 1 aliphatic rings. The highest BCUT2D eigenvalue weighted by Crippen LogP contribution is 2.60. The van der Waals surface area contributed by atoms with Crippen molar-refractivity contribution in [3.05, 3.63) is 0 Å². The zero-order chi connectivity index (χ0) is 10.9. The zero-order valence-electron chi connectivity index (χ0n) is 7.93. The van der Waals surface area contributed by atoms with Gasteiger partial charge < -0.3 is 10.2 Å². The lowest BCUT2D eigenvalue weighted by atomic mass is 9.93. The van der Waals surface area contributed by atoms with Gasteiger partial charge in [-0.1, -0.05) is 6.92 Å². The van der Waals surface area contributed by atoms with Gasteiger partial charge in [0.2, 0.25) is 0 Å². The van der Waals surface area contributed by atoms with Gasteiger partial charge in [-0.2, -0.15) is 12.6 Å². The van der Waals surface area contributed by atoms with Gasteiger partial charge in [0.15, 0.2) is 0 Å². The molecule has 3 atom stereocenters. The van der Waals surface area contributed by atoms with Crippen molar-refractivity contribution in [1.82, 2.24) is 0 Å². The molecule has 0 heterocycles. The third kappa shape index (κ3) is 1.87. The fraction of sp³-hybridized carbons (Fsp3) is 0.778. The fourth-order valence-corrected chi connectivity index (χ4v) is 2.40. The van der Waals surface area contributed by atoms with Gasteiger partial charge in [-0.15, -0.1) is 0 Å². The summed E-state index contributed by atoms with van der Waals surface area (Å²) in [6.45, 7) is 1.89. The first-order valence-corrected chi connectivity index (χ1v) is 5.08. The number of carbonyl (C=O) groups is 2. The molecule has 0 aromatic carbocycles. The van der Waals surface area contributed by atoms with E-state index in [1.54, 1.807) is 0 Å². The molecule has 1 saturated carbocycles. The van der Waals surface area contributed by atoms with E-state index in [1.165, 1.54) is 0 Å². The predicted molar refractivity (Wildman–Crippen MR) is 53.5 cm³/mol. The Morgan fingerprint density at radius 1 is 1.57 bits per heavy atom. The molecule has 0 saturated heterocycles. The Balaban J connectivity index is 2.75. The summed E-state index contributed by atoms with van der Waals surface area (Å²) < 4.78 is 0. The molecule has 0 bridgehead atoms. The highest BCUT2D eigenvalue weighted by atomic mass is 32.1. The van der Waals surface area contributed by atoms with E-state index in [9.17, 15) is 9.59 Å². The number of thiol groups is 1.